The monoisotopic (exact) mass is 549 g/mol. The highest BCUT2D eigenvalue weighted by Gasteiger charge is 2.34. The Morgan fingerprint density at radius 3 is 2.83 bits per heavy atom. The maximum absolute atomic E-state index is 13.8. The number of para-hydroxylation sites is 1. The van der Waals surface area contributed by atoms with Gasteiger partial charge in [0.1, 0.15) is 0 Å². The summed E-state index contributed by atoms with van der Waals surface area (Å²) in [6.07, 6.45) is 6.20. The van der Waals surface area contributed by atoms with E-state index < -0.39 is 0 Å². The van der Waals surface area contributed by atoms with E-state index in [0.29, 0.717) is 30.2 Å². The zero-order valence-electron chi connectivity index (χ0n) is 22.6. The fourth-order valence-electron chi connectivity index (χ4n) is 6.07. The SMILES string of the molecule is O=C(NCC1CCCO1)c1cccc(C=CC(=O)N2CCc3c([nH]c4ccccc34)C2c2ccc3c(c2)OCO3)c1. The van der Waals surface area contributed by atoms with Crippen molar-refractivity contribution in [3.05, 3.63) is 101 Å². The molecule has 7 rings (SSSR count). The molecule has 41 heavy (non-hydrogen) atoms. The highest BCUT2D eigenvalue weighted by molar-refractivity contribution is 5.96. The lowest BCUT2D eigenvalue weighted by Gasteiger charge is -2.35. The first kappa shape index (κ1) is 25.4. The molecular weight excluding hydrogens is 518 g/mol. The van der Waals surface area contributed by atoms with Crippen molar-refractivity contribution in [2.75, 3.05) is 26.5 Å². The fraction of sp³-hybridized carbons (Fsp3) is 0.273. The number of amides is 2. The van der Waals surface area contributed by atoms with Crippen molar-refractivity contribution in [3.8, 4) is 11.5 Å². The summed E-state index contributed by atoms with van der Waals surface area (Å²) in [5.41, 5.74) is 5.60. The molecule has 4 aromatic rings. The molecule has 2 amide bonds. The topological polar surface area (TPSA) is 92.9 Å². The molecule has 3 aliphatic rings. The number of hydrogen-bond donors (Lipinski definition) is 2. The first-order valence-electron chi connectivity index (χ1n) is 14.1. The number of nitrogens with one attached hydrogen (secondary N) is 2. The smallest absolute Gasteiger partial charge is 0.251 e. The number of carbonyl (C=O) groups excluding carboxylic acids is 2. The van der Waals surface area contributed by atoms with E-state index in [1.54, 1.807) is 24.3 Å². The molecule has 0 radical (unpaired) electrons. The molecule has 2 N–H and O–H groups in total. The molecule has 208 valence electrons. The zero-order chi connectivity index (χ0) is 27.8. The van der Waals surface area contributed by atoms with Crippen molar-refractivity contribution in [1.29, 1.82) is 0 Å². The second-order valence-electron chi connectivity index (χ2n) is 10.7. The van der Waals surface area contributed by atoms with E-state index >= 15 is 0 Å². The van der Waals surface area contributed by atoms with Gasteiger partial charge in [0.2, 0.25) is 12.7 Å². The second kappa shape index (κ2) is 10.8. The molecule has 1 saturated heterocycles. The van der Waals surface area contributed by atoms with Crippen LogP contribution in [-0.2, 0) is 16.0 Å². The number of rotatable bonds is 6. The van der Waals surface area contributed by atoms with Crippen LogP contribution in [0, 0.1) is 0 Å². The van der Waals surface area contributed by atoms with Crippen molar-refractivity contribution in [2.24, 2.45) is 0 Å². The minimum Gasteiger partial charge on any atom is -0.454 e. The summed E-state index contributed by atoms with van der Waals surface area (Å²) in [5, 5.41) is 4.15. The largest absolute Gasteiger partial charge is 0.454 e. The van der Waals surface area contributed by atoms with Gasteiger partial charge in [-0.1, -0.05) is 36.4 Å². The summed E-state index contributed by atoms with van der Waals surface area (Å²) < 4.78 is 16.8. The minimum atomic E-state index is -0.312. The van der Waals surface area contributed by atoms with Crippen LogP contribution in [0.5, 0.6) is 11.5 Å². The van der Waals surface area contributed by atoms with Crippen LogP contribution >= 0.6 is 0 Å². The number of carbonyl (C=O) groups is 2. The van der Waals surface area contributed by atoms with Gasteiger partial charge in [0, 0.05) is 47.9 Å². The van der Waals surface area contributed by atoms with E-state index in [4.69, 9.17) is 14.2 Å². The van der Waals surface area contributed by atoms with Crippen LogP contribution in [0.1, 0.15) is 51.6 Å². The Balaban J connectivity index is 1.15. The Kier molecular flexibility index (Phi) is 6.68. The van der Waals surface area contributed by atoms with Crippen molar-refractivity contribution in [1.82, 2.24) is 15.2 Å². The zero-order valence-corrected chi connectivity index (χ0v) is 22.6. The highest BCUT2D eigenvalue weighted by Crippen LogP contribution is 2.42. The Labute approximate surface area is 237 Å². The molecule has 3 aromatic carbocycles. The Morgan fingerprint density at radius 1 is 1.02 bits per heavy atom. The third-order valence-electron chi connectivity index (χ3n) is 8.11. The lowest BCUT2D eigenvalue weighted by molar-refractivity contribution is -0.128. The van der Waals surface area contributed by atoms with E-state index in [1.165, 1.54) is 10.9 Å². The molecule has 0 saturated carbocycles. The first-order valence-corrected chi connectivity index (χ1v) is 14.1. The molecule has 4 heterocycles. The molecule has 3 aliphatic heterocycles. The number of H-pyrrole nitrogens is 1. The number of ether oxygens (including phenoxy) is 3. The number of fused-ring (bicyclic) bond motifs is 4. The molecular formula is C33H31N3O5. The van der Waals surface area contributed by atoms with Gasteiger partial charge < -0.3 is 29.4 Å². The highest BCUT2D eigenvalue weighted by atomic mass is 16.7. The predicted octanol–water partition coefficient (Wildman–Crippen LogP) is 4.99. The molecule has 2 atom stereocenters. The summed E-state index contributed by atoms with van der Waals surface area (Å²) in [4.78, 5) is 32.0. The van der Waals surface area contributed by atoms with Crippen LogP contribution in [0.15, 0.2) is 72.8 Å². The number of nitrogens with zero attached hydrogens (tertiary/aromatic N) is 1. The maximum atomic E-state index is 13.8. The lowest BCUT2D eigenvalue weighted by Crippen LogP contribution is -2.39. The van der Waals surface area contributed by atoms with Crippen LogP contribution in [-0.4, -0.2) is 54.3 Å². The summed E-state index contributed by atoms with van der Waals surface area (Å²) in [6, 6.07) is 21.1. The van der Waals surface area contributed by atoms with Crippen LogP contribution in [0.4, 0.5) is 0 Å². The van der Waals surface area contributed by atoms with Crippen molar-refractivity contribution < 1.29 is 23.8 Å². The number of aromatic nitrogens is 1. The van der Waals surface area contributed by atoms with Gasteiger partial charge in [-0.15, -0.1) is 0 Å². The van der Waals surface area contributed by atoms with E-state index in [1.807, 2.05) is 47.4 Å². The second-order valence-corrected chi connectivity index (χ2v) is 10.7. The molecule has 2 unspecified atom stereocenters. The van der Waals surface area contributed by atoms with E-state index in [-0.39, 0.29) is 30.8 Å². The average molecular weight is 550 g/mol. The first-order chi connectivity index (χ1) is 20.1. The van der Waals surface area contributed by atoms with Gasteiger partial charge >= 0.3 is 0 Å². The van der Waals surface area contributed by atoms with Crippen LogP contribution in [0.2, 0.25) is 0 Å². The summed E-state index contributed by atoms with van der Waals surface area (Å²) in [5.74, 6) is 1.14. The molecule has 0 aliphatic carbocycles. The van der Waals surface area contributed by atoms with Crippen LogP contribution in [0.3, 0.4) is 0 Å². The Morgan fingerprint density at radius 2 is 1.93 bits per heavy atom. The number of hydrogen-bond acceptors (Lipinski definition) is 5. The van der Waals surface area contributed by atoms with Gasteiger partial charge in [-0.25, -0.2) is 0 Å². The normalized spacial score (nSPS) is 19.6. The fourth-order valence-corrected chi connectivity index (χ4v) is 6.07. The predicted molar refractivity (Wildman–Crippen MR) is 155 cm³/mol. The summed E-state index contributed by atoms with van der Waals surface area (Å²) in [6.45, 7) is 2.02. The average Bonchev–Trinajstić information content (AvgIpc) is 3.78. The molecule has 1 aromatic heterocycles. The van der Waals surface area contributed by atoms with Gasteiger partial charge in [0.15, 0.2) is 11.5 Å². The van der Waals surface area contributed by atoms with Gasteiger partial charge in [0.25, 0.3) is 5.91 Å². The third kappa shape index (κ3) is 4.95. The lowest BCUT2D eigenvalue weighted by atomic mass is 9.92. The maximum Gasteiger partial charge on any atom is 0.251 e. The van der Waals surface area contributed by atoms with Crippen LogP contribution in [0.25, 0.3) is 17.0 Å². The third-order valence-corrected chi connectivity index (χ3v) is 8.11. The van der Waals surface area contributed by atoms with Crippen molar-refractivity contribution in [3.63, 3.8) is 0 Å². The summed E-state index contributed by atoms with van der Waals surface area (Å²) >= 11 is 0. The van der Waals surface area contributed by atoms with Gasteiger partial charge in [-0.3, -0.25) is 9.59 Å². The number of benzene rings is 3. The molecule has 0 bridgehead atoms. The molecule has 0 spiro atoms. The van der Waals surface area contributed by atoms with E-state index in [2.05, 4.69) is 22.4 Å². The van der Waals surface area contributed by atoms with Gasteiger partial charge in [-0.05, 0) is 72.4 Å². The molecule has 8 nitrogen and oxygen atoms in total. The number of aromatic amines is 1. The van der Waals surface area contributed by atoms with Gasteiger partial charge in [0.05, 0.1) is 12.1 Å². The van der Waals surface area contributed by atoms with E-state index in [9.17, 15) is 9.59 Å². The van der Waals surface area contributed by atoms with Crippen molar-refractivity contribution >= 4 is 28.8 Å². The van der Waals surface area contributed by atoms with E-state index in [0.717, 1.165) is 48.2 Å². The Bertz CT molecular complexity index is 1650. The summed E-state index contributed by atoms with van der Waals surface area (Å²) in [7, 11) is 0. The molecule has 8 heteroatoms. The standard InChI is InChI=1S/C33H31N3O5/c37-30(13-10-21-5-3-6-23(17-21)33(38)34-19-24-7-4-16-39-24)36-15-14-26-25-8-1-2-9-27(25)35-31(26)32(36)22-11-12-28-29(18-22)41-20-40-28/h1-3,5-6,8-13,17-18,24,32,35H,4,7,14-16,19-20H2,(H,34,38). The quantitative estimate of drug-likeness (QED) is 0.331. The minimum absolute atomic E-state index is 0.0830. The van der Waals surface area contributed by atoms with Crippen LogP contribution < -0.4 is 14.8 Å². The van der Waals surface area contributed by atoms with Gasteiger partial charge in [-0.2, -0.15) is 0 Å². The van der Waals surface area contributed by atoms with Crippen molar-refractivity contribution in [2.45, 2.75) is 31.4 Å². The molecule has 1 fully saturated rings. The Hall–Kier alpha value is -4.56.